The predicted molar refractivity (Wildman–Crippen MR) is 69.6 cm³/mol. The zero-order valence-corrected chi connectivity index (χ0v) is 11.4. The number of aromatic amines is 1. The first-order valence-electron chi connectivity index (χ1n) is 5.61. The molecule has 2 heterocycles. The van der Waals surface area contributed by atoms with Crippen molar-refractivity contribution in [2.45, 2.75) is 17.9 Å². The van der Waals surface area contributed by atoms with Crippen molar-refractivity contribution >= 4 is 10.0 Å². The molecule has 0 aliphatic heterocycles. The molecule has 2 aromatic heterocycles. The van der Waals surface area contributed by atoms with Crippen LogP contribution >= 0.6 is 0 Å². The second-order valence-electron chi connectivity index (χ2n) is 4.26. The van der Waals surface area contributed by atoms with E-state index >= 15 is 0 Å². The van der Waals surface area contributed by atoms with Gasteiger partial charge in [-0.1, -0.05) is 0 Å². The smallest absolute Gasteiger partial charge is 0.299 e. The molecule has 0 aliphatic rings. The van der Waals surface area contributed by atoms with Crippen LogP contribution in [0.15, 0.2) is 33.1 Å². The van der Waals surface area contributed by atoms with Crippen LogP contribution in [-0.4, -0.2) is 27.7 Å². The van der Waals surface area contributed by atoms with E-state index < -0.39 is 26.2 Å². The number of hydrogen-bond acceptors (Lipinski definition) is 5. The van der Waals surface area contributed by atoms with Gasteiger partial charge in [-0.05, 0) is 12.0 Å². The molecular formula is C10H13N5O4S. The Morgan fingerprint density at radius 3 is 2.60 bits per heavy atom. The SMILES string of the molecule is Cn1cc(CCn2cc(S(N)(=O)=O)c(=O)[nH]c2=O)cn1. The Labute approximate surface area is 113 Å². The van der Waals surface area contributed by atoms with Crippen molar-refractivity contribution in [1.82, 2.24) is 19.3 Å². The van der Waals surface area contributed by atoms with Crippen LogP contribution in [0.2, 0.25) is 0 Å². The van der Waals surface area contributed by atoms with Crippen LogP contribution in [-0.2, 0) is 30.0 Å². The van der Waals surface area contributed by atoms with Crippen molar-refractivity contribution in [3.05, 3.63) is 45.0 Å². The molecular weight excluding hydrogens is 286 g/mol. The van der Waals surface area contributed by atoms with Gasteiger partial charge in [-0.2, -0.15) is 5.10 Å². The molecule has 0 unspecified atom stereocenters. The Kier molecular flexibility index (Phi) is 3.59. The van der Waals surface area contributed by atoms with Crippen LogP contribution in [0.3, 0.4) is 0 Å². The number of rotatable bonds is 4. The molecule has 0 aliphatic carbocycles. The summed E-state index contributed by atoms with van der Waals surface area (Å²) in [5.74, 6) is 0. The summed E-state index contributed by atoms with van der Waals surface area (Å²) >= 11 is 0. The van der Waals surface area contributed by atoms with Crippen molar-refractivity contribution in [3.63, 3.8) is 0 Å². The lowest BCUT2D eigenvalue weighted by Crippen LogP contribution is -2.35. The lowest BCUT2D eigenvalue weighted by molar-refractivity contribution is 0.586. The van der Waals surface area contributed by atoms with Crippen molar-refractivity contribution in [3.8, 4) is 0 Å². The summed E-state index contributed by atoms with van der Waals surface area (Å²) in [6.07, 6.45) is 4.82. The van der Waals surface area contributed by atoms with Gasteiger partial charge < -0.3 is 0 Å². The second-order valence-corrected chi connectivity index (χ2v) is 5.79. The zero-order valence-electron chi connectivity index (χ0n) is 10.6. The fraction of sp³-hybridized carbons (Fsp3) is 0.300. The molecule has 0 spiro atoms. The maximum atomic E-state index is 11.6. The molecule has 108 valence electrons. The Morgan fingerprint density at radius 2 is 2.05 bits per heavy atom. The number of H-pyrrole nitrogens is 1. The van der Waals surface area contributed by atoms with Gasteiger partial charge in [0.2, 0.25) is 10.0 Å². The van der Waals surface area contributed by atoms with Gasteiger partial charge >= 0.3 is 5.69 Å². The summed E-state index contributed by atoms with van der Waals surface area (Å²) in [5.41, 5.74) is -0.829. The Morgan fingerprint density at radius 1 is 1.35 bits per heavy atom. The van der Waals surface area contributed by atoms with Crippen molar-refractivity contribution in [2.24, 2.45) is 12.2 Å². The number of nitrogens with one attached hydrogen (secondary N) is 1. The maximum Gasteiger partial charge on any atom is 0.328 e. The lowest BCUT2D eigenvalue weighted by Gasteiger charge is -2.05. The molecule has 9 nitrogen and oxygen atoms in total. The van der Waals surface area contributed by atoms with E-state index in [0.29, 0.717) is 6.42 Å². The number of nitrogens with two attached hydrogens (primary N) is 1. The summed E-state index contributed by atoms with van der Waals surface area (Å²) in [4.78, 5) is 24.3. The molecule has 0 amide bonds. The van der Waals surface area contributed by atoms with Gasteiger partial charge in [-0.15, -0.1) is 0 Å². The van der Waals surface area contributed by atoms with E-state index in [1.165, 1.54) is 0 Å². The molecule has 10 heteroatoms. The van der Waals surface area contributed by atoms with Gasteiger partial charge in [-0.25, -0.2) is 18.4 Å². The normalized spacial score (nSPS) is 11.7. The Hall–Kier alpha value is -2.20. The number of primary sulfonamides is 1. The van der Waals surface area contributed by atoms with Gasteiger partial charge in [0, 0.05) is 26.0 Å². The van der Waals surface area contributed by atoms with Crippen molar-refractivity contribution in [2.75, 3.05) is 0 Å². The van der Waals surface area contributed by atoms with Crippen LogP contribution in [0, 0.1) is 0 Å². The highest BCUT2D eigenvalue weighted by molar-refractivity contribution is 7.89. The highest BCUT2D eigenvalue weighted by Gasteiger charge is 2.15. The van der Waals surface area contributed by atoms with E-state index in [0.717, 1.165) is 16.3 Å². The summed E-state index contributed by atoms with van der Waals surface area (Å²) in [6, 6.07) is 0. The number of aromatic nitrogens is 4. The van der Waals surface area contributed by atoms with Gasteiger partial charge in [0.15, 0.2) is 4.90 Å². The molecule has 0 saturated carbocycles. The number of sulfonamides is 1. The Balaban J connectivity index is 2.33. The van der Waals surface area contributed by atoms with Gasteiger partial charge in [0.25, 0.3) is 5.56 Å². The molecule has 2 aromatic rings. The van der Waals surface area contributed by atoms with Crippen molar-refractivity contribution in [1.29, 1.82) is 0 Å². The van der Waals surface area contributed by atoms with Gasteiger partial charge in [0.05, 0.1) is 6.20 Å². The van der Waals surface area contributed by atoms with E-state index in [-0.39, 0.29) is 6.54 Å². The average Bonchev–Trinajstić information content (AvgIpc) is 2.72. The lowest BCUT2D eigenvalue weighted by atomic mass is 10.2. The van der Waals surface area contributed by atoms with Crippen LogP contribution < -0.4 is 16.4 Å². The molecule has 0 saturated heterocycles. The number of nitrogens with zero attached hydrogens (tertiary/aromatic N) is 3. The average molecular weight is 299 g/mol. The first-order valence-corrected chi connectivity index (χ1v) is 7.16. The number of aryl methyl sites for hydroxylation is 3. The van der Waals surface area contributed by atoms with Crippen LogP contribution in [0.1, 0.15) is 5.56 Å². The monoisotopic (exact) mass is 299 g/mol. The summed E-state index contributed by atoms with van der Waals surface area (Å²) in [5, 5.41) is 8.89. The largest absolute Gasteiger partial charge is 0.328 e. The van der Waals surface area contributed by atoms with Crippen LogP contribution in [0.5, 0.6) is 0 Å². The minimum Gasteiger partial charge on any atom is -0.299 e. The molecule has 3 N–H and O–H groups in total. The maximum absolute atomic E-state index is 11.6. The van der Waals surface area contributed by atoms with E-state index in [1.54, 1.807) is 24.1 Å². The third-order valence-corrected chi connectivity index (χ3v) is 3.59. The number of hydrogen-bond donors (Lipinski definition) is 2. The highest BCUT2D eigenvalue weighted by atomic mass is 32.2. The molecule has 0 fully saturated rings. The summed E-state index contributed by atoms with van der Waals surface area (Å²) in [6.45, 7) is 0.198. The molecule has 20 heavy (non-hydrogen) atoms. The molecule has 0 atom stereocenters. The third-order valence-electron chi connectivity index (χ3n) is 2.68. The van der Waals surface area contributed by atoms with Crippen LogP contribution in [0.25, 0.3) is 0 Å². The fourth-order valence-corrected chi connectivity index (χ4v) is 2.29. The van der Waals surface area contributed by atoms with E-state index in [1.807, 2.05) is 4.98 Å². The quantitative estimate of drug-likeness (QED) is 0.684. The van der Waals surface area contributed by atoms with Gasteiger partial charge in [0.1, 0.15) is 0 Å². The predicted octanol–water partition coefficient (Wildman–Crippen LogP) is -1.84. The van der Waals surface area contributed by atoms with E-state index in [9.17, 15) is 18.0 Å². The second kappa shape index (κ2) is 5.06. The minimum atomic E-state index is -4.17. The summed E-state index contributed by atoms with van der Waals surface area (Å²) < 4.78 is 25.2. The standard InChI is InChI=1S/C10H13N5O4S/c1-14-5-7(4-12-14)2-3-15-6-8(20(11,18)19)9(16)13-10(15)17/h4-6H,2-3H2,1H3,(H2,11,18,19)(H,13,16,17). The minimum absolute atomic E-state index is 0.198. The van der Waals surface area contributed by atoms with E-state index in [2.05, 4.69) is 5.10 Å². The van der Waals surface area contributed by atoms with Crippen molar-refractivity contribution < 1.29 is 8.42 Å². The fourth-order valence-electron chi connectivity index (χ4n) is 1.71. The topological polar surface area (TPSA) is 133 Å². The zero-order chi connectivity index (χ0) is 14.9. The highest BCUT2D eigenvalue weighted by Crippen LogP contribution is 2.01. The van der Waals surface area contributed by atoms with E-state index in [4.69, 9.17) is 5.14 Å². The summed E-state index contributed by atoms with van der Waals surface area (Å²) in [7, 11) is -2.41. The molecule has 2 rings (SSSR count). The van der Waals surface area contributed by atoms with Crippen LogP contribution in [0.4, 0.5) is 0 Å². The molecule has 0 bridgehead atoms. The molecule has 0 radical (unpaired) electrons. The van der Waals surface area contributed by atoms with Gasteiger partial charge in [-0.3, -0.25) is 19.0 Å². The molecule has 0 aromatic carbocycles. The first kappa shape index (κ1) is 14.2. The first-order chi connectivity index (χ1) is 9.27. The third kappa shape index (κ3) is 3.03. The Bertz CT molecular complexity index is 845.